The molecule has 2 aromatic carbocycles. The Balaban J connectivity index is 1.79. The molecule has 0 saturated carbocycles. The predicted octanol–water partition coefficient (Wildman–Crippen LogP) is 5.25. The number of benzene rings is 2. The maximum atomic E-state index is 12.6. The Morgan fingerprint density at radius 3 is 2.80 bits per heavy atom. The number of halogens is 1. The molecule has 4 nitrogen and oxygen atoms in total. The first-order chi connectivity index (χ1) is 12.0. The number of nitrogens with one attached hydrogen (secondary N) is 1. The second-order valence-corrected chi connectivity index (χ2v) is 7.22. The van der Waals surface area contributed by atoms with Crippen LogP contribution in [-0.4, -0.2) is 10.9 Å². The summed E-state index contributed by atoms with van der Waals surface area (Å²) < 4.78 is 0. The quantitative estimate of drug-likeness (QED) is 0.508. The number of nitrogens with two attached hydrogens (primary N) is 1. The zero-order valence-electron chi connectivity index (χ0n) is 13.3. The molecule has 1 amide bonds. The Bertz CT molecular complexity index is 1140. The van der Waals surface area contributed by atoms with Crippen LogP contribution in [0.15, 0.2) is 48.5 Å². The third-order valence-corrected chi connectivity index (χ3v) is 5.44. The Kier molecular flexibility index (Phi) is 3.82. The van der Waals surface area contributed by atoms with Crippen molar-refractivity contribution in [3.05, 3.63) is 64.0 Å². The lowest BCUT2D eigenvalue weighted by molar-refractivity contribution is 0.103. The number of aryl methyl sites for hydroxylation is 1. The first kappa shape index (κ1) is 15.9. The molecule has 0 atom stereocenters. The lowest BCUT2D eigenvalue weighted by Gasteiger charge is -2.06. The summed E-state index contributed by atoms with van der Waals surface area (Å²) in [5, 5.41) is 5.09. The molecule has 2 aromatic heterocycles. The van der Waals surface area contributed by atoms with Crippen LogP contribution >= 0.6 is 22.9 Å². The van der Waals surface area contributed by atoms with E-state index >= 15 is 0 Å². The molecule has 2 heterocycles. The normalized spacial score (nSPS) is 11.1. The molecule has 6 heteroatoms. The maximum absolute atomic E-state index is 12.6. The molecular weight excluding hydrogens is 354 g/mol. The zero-order valence-corrected chi connectivity index (χ0v) is 14.9. The number of anilines is 2. The summed E-state index contributed by atoms with van der Waals surface area (Å²) in [6.07, 6.45) is 0. The highest BCUT2D eigenvalue weighted by Crippen LogP contribution is 2.35. The SMILES string of the molecule is Cc1ccc2cc3c(N)c(C(=O)Nc4ccccc4Cl)sc3nc2c1. The van der Waals surface area contributed by atoms with Gasteiger partial charge in [0.05, 0.1) is 21.9 Å². The minimum atomic E-state index is -0.283. The Labute approximate surface area is 153 Å². The van der Waals surface area contributed by atoms with Crippen LogP contribution < -0.4 is 11.1 Å². The van der Waals surface area contributed by atoms with Gasteiger partial charge in [0.15, 0.2) is 0 Å². The lowest BCUT2D eigenvalue weighted by atomic mass is 10.1. The number of rotatable bonds is 2. The summed E-state index contributed by atoms with van der Waals surface area (Å²) in [6, 6.07) is 15.1. The van der Waals surface area contributed by atoms with E-state index < -0.39 is 0 Å². The number of nitrogens with zero attached hydrogens (tertiary/aromatic N) is 1. The lowest BCUT2D eigenvalue weighted by Crippen LogP contribution is -2.12. The van der Waals surface area contributed by atoms with Crippen LogP contribution in [0.2, 0.25) is 5.02 Å². The molecule has 4 aromatic rings. The standard InChI is InChI=1S/C19H14ClN3OS/c1-10-6-7-11-9-12-16(21)17(25-19(12)23-15(11)8-10)18(24)22-14-5-3-2-4-13(14)20/h2-9H,21H2,1H3,(H,22,24). The Morgan fingerprint density at radius 2 is 2.00 bits per heavy atom. The van der Waals surface area contributed by atoms with Gasteiger partial charge < -0.3 is 11.1 Å². The third-order valence-electron chi connectivity index (χ3n) is 4.00. The summed E-state index contributed by atoms with van der Waals surface area (Å²) in [5.41, 5.74) is 9.26. The fourth-order valence-electron chi connectivity index (χ4n) is 2.71. The minimum absolute atomic E-state index is 0.283. The van der Waals surface area contributed by atoms with Crippen molar-refractivity contribution >= 4 is 61.3 Å². The van der Waals surface area contributed by atoms with E-state index in [2.05, 4.69) is 10.3 Å². The average Bonchev–Trinajstić information content (AvgIpc) is 2.91. The largest absolute Gasteiger partial charge is 0.397 e. The molecule has 0 bridgehead atoms. The number of thiophene rings is 1. The maximum Gasteiger partial charge on any atom is 0.267 e. The summed E-state index contributed by atoms with van der Waals surface area (Å²) >= 11 is 7.39. The van der Waals surface area contributed by atoms with Gasteiger partial charge in [0.2, 0.25) is 0 Å². The van der Waals surface area contributed by atoms with E-state index in [-0.39, 0.29) is 5.91 Å². The zero-order chi connectivity index (χ0) is 17.6. The molecule has 0 aliphatic carbocycles. The van der Waals surface area contributed by atoms with Gasteiger partial charge >= 0.3 is 0 Å². The summed E-state index contributed by atoms with van der Waals surface area (Å²) in [5.74, 6) is -0.283. The van der Waals surface area contributed by atoms with Crippen molar-refractivity contribution in [2.24, 2.45) is 0 Å². The van der Waals surface area contributed by atoms with Crippen LogP contribution in [0.3, 0.4) is 0 Å². The summed E-state index contributed by atoms with van der Waals surface area (Å²) in [7, 11) is 0. The van der Waals surface area contributed by atoms with E-state index in [4.69, 9.17) is 17.3 Å². The molecule has 0 saturated heterocycles. The second kappa shape index (κ2) is 6.02. The second-order valence-electron chi connectivity index (χ2n) is 5.82. The number of pyridine rings is 1. The van der Waals surface area contributed by atoms with Gasteiger partial charge in [-0.05, 0) is 36.8 Å². The number of carbonyl (C=O) groups is 1. The first-order valence-electron chi connectivity index (χ1n) is 7.68. The number of para-hydroxylation sites is 1. The molecule has 0 aliphatic rings. The molecule has 4 rings (SSSR count). The Hall–Kier alpha value is -2.63. The monoisotopic (exact) mass is 367 g/mol. The van der Waals surface area contributed by atoms with Gasteiger partial charge in [0.1, 0.15) is 9.71 Å². The van der Waals surface area contributed by atoms with Crippen LogP contribution in [0.4, 0.5) is 11.4 Å². The highest BCUT2D eigenvalue weighted by Gasteiger charge is 2.18. The van der Waals surface area contributed by atoms with E-state index in [9.17, 15) is 4.79 Å². The van der Waals surface area contributed by atoms with Gasteiger partial charge in [-0.2, -0.15) is 0 Å². The highest BCUT2D eigenvalue weighted by atomic mass is 35.5. The molecule has 0 spiro atoms. The molecule has 0 radical (unpaired) electrons. The number of amides is 1. The first-order valence-corrected chi connectivity index (χ1v) is 8.87. The van der Waals surface area contributed by atoms with E-state index in [1.54, 1.807) is 12.1 Å². The van der Waals surface area contributed by atoms with Crippen molar-refractivity contribution in [3.63, 3.8) is 0 Å². The summed E-state index contributed by atoms with van der Waals surface area (Å²) in [6.45, 7) is 2.02. The number of nitrogen functional groups attached to an aromatic ring is 1. The molecule has 3 N–H and O–H groups in total. The van der Waals surface area contributed by atoms with Crippen molar-refractivity contribution < 1.29 is 4.79 Å². The Morgan fingerprint density at radius 1 is 1.20 bits per heavy atom. The van der Waals surface area contributed by atoms with Crippen molar-refractivity contribution in [2.75, 3.05) is 11.1 Å². The van der Waals surface area contributed by atoms with Crippen molar-refractivity contribution in [1.29, 1.82) is 0 Å². The van der Waals surface area contributed by atoms with Crippen LogP contribution in [0, 0.1) is 6.92 Å². The number of aromatic nitrogens is 1. The number of fused-ring (bicyclic) bond motifs is 2. The molecule has 124 valence electrons. The van der Waals surface area contributed by atoms with Crippen LogP contribution in [0.5, 0.6) is 0 Å². The highest BCUT2D eigenvalue weighted by molar-refractivity contribution is 7.21. The van der Waals surface area contributed by atoms with Gasteiger partial charge in [-0.1, -0.05) is 35.9 Å². The average molecular weight is 368 g/mol. The van der Waals surface area contributed by atoms with Crippen molar-refractivity contribution in [2.45, 2.75) is 6.92 Å². The molecule has 0 aliphatic heterocycles. The number of carbonyl (C=O) groups excluding carboxylic acids is 1. The predicted molar refractivity (Wildman–Crippen MR) is 106 cm³/mol. The number of hydrogen-bond acceptors (Lipinski definition) is 4. The van der Waals surface area contributed by atoms with Gasteiger partial charge in [-0.15, -0.1) is 11.3 Å². The van der Waals surface area contributed by atoms with Crippen molar-refractivity contribution in [3.8, 4) is 0 Å². The van der Waals surface area contributed by atoms with E-state index in [0.29, 0.717) is 21.3 Å². The fourth-order valence-corrected chi connectivity index (χ4v) is 3.88. The van der Waals surface area contributed by atoms with E-state index in [1.165, 1.54) is 11.3 Å². The fraction of sp³-hybridized carbons (Fsp3) is 0.0526. The minimum Gasteiger partial charge on any atom is -0.397 e. The topological polar surface area (TPSA) is 68.0 Å². The molecular formula is C19H14ClN3OS. The van der Waals surface area contributed by atoms with Gasteiger partial charge in [0.25, 0.3) is 5.91 Å². The third kappa shape index (κ3) is 2.81. The number of hydrogen-bond donors (Lipinski definition) is 2. The van der Waals surface area contributed by atoms with Gasteiger partial charge in [0, 0.05) is 10.8 Å². The molecule has 25 heavy (non-hydrogen) atoms. The smallest absolute Gasteiger partial charge is 0.267 e. The molecule has 0 unspecified atom stereocenters. The van der Waals surface area contributed by atoms with Crippen LogP contribution in [0.25, 0.3) is 21.1 Å². The van der Waals surface area contributed by atoms with Crippen LogP contribution in [0.1, 0.15) is 15.2 Å². The van der Waals surface area contributed by atoms with E-state index in [1.807, 2.05) is 43.3 Å². The van der Waals surface area contributed by atoms with Gasteiger partial charge in [-0.3, -0.25) is 4.79 Å². The summed E-state index contributed by atoms with van der Waals surface area (Å²) in [4.78, 5) is 18.5. The van der Waals surface area contributed by atoms with Crippen LogP contribution in [-0.2, 0) is 0 Å². The van der Waals surface area contributed by atoms with Gasteiger partial charge in [-0.25, -0.2) is 4.98 Å². The van der Waals surface area contributed by atoms with E-state index in [0.717, 1.165) is 26.7 Å². The molecule has 0 fully saturated rings. The van der Waals surface area contributed by atoms with Crippen molar-refractivity contribution in [1.82, 2.24) is 4.98 Å².